The number of carbonyl (C=O) groups excluding carboxylic acids is 1. The molecule has 0 aromatic heterocycles. The van der Waals surface area contributed by atoms with Gasteiger partial charge in [-0.15, -0.1) is 0 Å². The maximum Gasteiger partial charge on any atom is 0.329 e. The fourth-order valence-electron chi connectivity index (χ4n) is 2.09. The lowest BCUT2D eigenvalue weighted by Crippen LogP contribution is -2.58. The van der Waals surface area contributed by atoms with Crippen LogP contribution in [-0.2, 0) is 14.3 Å². The van der Waals surface area contributed by atoms with Crippen LogP contribution in [0.5, 0.6) is 5.75 Å². The molecule has 1 amide bonds. The molecule has 1 fully saturated rings. The Morgan fingerprint density at radius 1 is 1.29 bits per heavy atom. The minimum atomic E-state index is -1.25. The zero-order valence-corrected chi connectivity index (χ0v) is 12.9. The standard InChI is InChI=1S/C14H16BrNO5/c15-10-1-3-11(4-2-10)21-9-12(17)16-14(13(18)19)5-7-20-8-6-14/h1-4H,5-9H2,(H,16,17)(H,18,19). The molecule has 0 atom stereocenters. The second-order valence-electron chi connectivity index (χ2n) is 4.79. The third kappa shape index (κ3) is 4.18. The summed E-state index contributed by atoms with van der Waals surface area (Å²) >= 11 is 3.30. The Balaban J connectivity index is 1.90. The molecule has 1 aliphatic heterocycles. The molecular formula is C14H16BrNO5. The first-order valence-corrected chi connectivity index (χ1v) is 7.32. The summed E-state index contributed by atoms with van der Waals surface area (Å²) in [5.74, 6) is -0.949. The van der Waals surface area contributed by atoms with E-state index in [4.69, 9.17) is 9.47 Å². The number of nitrogens with one attached hydrogen (secondary N) is 1. The van der Waals surface area contributed by atoms with E-state index < -0.39 is 17.4 Å². The van der Waals surface area contributed by atoms with E-state index in [2.05, 4.69) is 21.2 Å². The van der Waals surface area contributed by atoms with Crippen LogP contribution in [-0.4, -0.2) is 42.3 Å². The van der Waals surface area contributed by atoms with Crippen molar-refractivity contribution in [2.45, 2.75) is 18.4 Å². The van der Waals surface area contributed by atoms with Crippen molar-refractivity contribution in [1.29, 1.82) is 0 Å². The summed E-state index contributed by atoms with van der Waals surface area (Å²) in [6.07, 6.45) is 0.513. The number of hydrogen-bond acceptors (Lipinski definition) is 4. The number of benzene rings is 1. The van der Waals surface area contributed by atoms with Crippen molar-refractivity contribution >= 4 is 27.8 Å². The molecule has 6 nitrogen and oxygen atoms in total. The summed E-state index contributed by atoms with van der Waals surface area (Å²) < 4.78 is 11.4. The lowest BCUT2D eigenvalue weighted by Gasteiger charge is -2.33. The third-order valence-electron chi connectivity index (χ3n) is 3.32. The first-order valence-electron chi connectivity index (χ1n) is 6.52. The van der Waals surface area contributed by atoms with Crippen LogP contribution in [0, 0.1) is 0 Å². The minimum Gasteiger partial charge on any atom is -0.484 e. The van der Waals surface area contributed by atoms with E-state index in [1.807, 2.05) is 0 Å². The highest BCUT2D eigenvalue weighted by atomic mass is 79.9. The molecule has 2 rings (SSSR count). The molecule has 0 unspecified atom stereocenters. The van der Waals surface area contributed by atoms with Crippen molar-refractivity contribution in [1.82, 2.24) is 5.32 Å². The van der Waals surface area contributed by atoms with Gasteiger partial charge in [0.1, 0.15) is 11.3 Å². The van der Waals surface area contributed by atoms with Crippen LogP contribution in [0.3, 0.4) is 0 Å². The molecule has 1 aromatic rings. The molecule has 7 heteroatoms. The fraction of sp³-hybridized carbons (Fsp3) is 0.429. The molecule has 114 valence electrons. The van der Waals surface area contributed by atoms with Crippen molar-refractivity contribution in [3.05, 3.63) is 28.7 Å². The van der Waals surface area contributed by atoms with Gasteiger partial charge in [-0.05, 0) is 24.3 Å². The number of ether oxygens (including phenoxy) is 2. The topological polar surface area (TPSA) is 84.9 Å². The van der Waals surface area contributed by atoms with Crippen molar-refractivity contribution in [2.75, 3.05) is 19.8 Å². The Labute approximate surface area is 130 Å². The molecule has 1 aliphatic rings. The molecule has 0 saturated carbocycles. The summed E-state index contributed by atoms with van der Waals surface area (Å²) in [5.41, 5.74) is -1.25. The first-order chi connectivity index (χ1) is 10.0. The number of aliphatic carboxylic acids is 1. The van der Waals surface area contributed by atoms with Gasteiger partial charge in [0.2, 0.25) is 0 Å². The van der Waals surface area contributed by atoms with E-state index in [1.165, 1.54) is 0 Å². The molecule has 0 radical (unpaired) electrons. The van der Waals surface area contributed by atoms with E-state index in [0.717, 1.165) is 4.47 Å². The van der Waals surface area contributed by atoms with E-state index in [-0.39, 0.29) is 19.4 Å². The van der Waals surface area contributed by atoms with Gasteiger partial charge in [-0.25, -0.2) is 4.79 Å². The van der Waals surface area contributed by atoms with Crippen LogP contribution < -0.4 is 10.1 Å². The average molecular weight is 358 g/mol. The van der Waals surface area contributed by atoms with Gasteiger partial charge in [0.15, 0.2) is 6.61 Å². The van der Waals surface area contributed by atoms with Crippen LogP contribution in [0.4, 0.5) is 0 Å². The van der Waals surface area contributed by atoms with Gasteiger partial charge in [0, 0.05) is 30.5 Å². The summed E-state index contributed by atoms with van der Waals surface area (Å²) in [6.45, 7) is 0.415. The van der Waals surface area contributed by atoms with Crippen LogP contribution in [0.15, 0.2) is 28.7 Å². The predicted octanol–water partition coefficient (Wildman–Crippen LogP) is 1.58. The summed E-state index contributed by atoms with van der Waals surface area (Å²) in [5, 5.41) is 11.9. The summed E-state index contributed by atoms with van der Waals surface area (Å²) in [6, 6.07) is 7.03. The fourth-order valence-corrected chi connectivity index (χ4v) is 2.36. The SMILES string of the molecule is O=C(COc1ccc(Br)cc1)NC1(C(=O)O)CCOCC1. The quantitative estimate of drug-likeness (QED) is 0.835. The van der Waals surface area contributed by atoms with Gasteiger partial charge < -0.3 is 19.9 Å². The maximum absolute atomic E-state index is 11.9. The zero-order chi connectivity index (χ0) is 15.3. The number of rotatable bonds is 5. The van der Waals surface area contributed by atoms with E-state index in [9.17, 15) is 14.7 Å². The highest BCUT2D eigenvalue weighted by Gasteiger charge is 2.41. The smallest absolute Gasteiger partial charge is 0.329 e. The van der Waals surface area contributed by atoms with Gasteiger partial charge in [0.05, 0.1) is 0 Å². The molecule has 1 heterocycles. The van der Waals surface area contributed by atoms with E-state index >= 15 is 0 Å². The Kier molecular flexibility index (Phi) is 5.19. The molecule has 1 saturated heterocycles. The molecule has 1 aromatic carbocycles. The van der Waals surface area contributed by atoms with Crippen molar-refractivity contribution in [3.8, 4) is 5.75 Å². The Morgan fingerprint density at radius 3 is 2.48 bits per heavy atom. The lowest BCUT2D eigenvalue weighted by molar-refractivity contribution is -0.152. The largest absolute Gasteiger partial charge is 0.484 e. The summed E-state index contributed by atoms with van der Waals surface area (Å²) in [4.78, 5) is 23.3. The highest BCUT2D eigenvalue weighted by Crippen LogP contribution is 2.21. The molecular weight excluding hydrogens is 342 g/mol. The molecule has 0 spiro atoms. The van der Waals surface area contributed by atoms with E-state index in [0.29, 0.717) is 19.0 Å². The number of carbonyl (C=O) groups is 2. The Morgan fingerprint density at radius 2 is 1.90 bits per heavy atom. The Hall–Kier alpha value is -1.60. The van der Waals surface area contributed by atoms with Gasteiger partial charge in [0.25, 0.3) is 5.91 Å². The normalized spacial score (nSPS) is 17.0. The number of carboxylic acid groups (broad SMARTS) is 1. The Bertz CT molecular complexity index is 511. The number of hydrogen-bond donors (Lipinski definition) is 2. The number of halogens is 1. The van der Waals surface area contributed by atoms with Gasteiger partial charge in [-0.1, -0.05) is 15.9 Å². The first kappa shape index (κ1) is 15.8. The van der Waals surface area contributed by atoms with Gasteiger partial charge in [-0.3, -0.25) is 4.79 Å². The van der Waals surface area contributed by atoms with E-state index in [1.54, 1.807) is 24.3 Å². The minimum absolute atomic E-state index is 0.225. The van der Waals surface area contributed by atoms with Crippen molar-refractivity contribution < 1.29 is 24.2 Å². The molecule has 0 bridgehead atoms. The number of carboxylic acids is 1. The van der Waals surface area contributed by atoms with Gasteiger partial charge in [-0.2, -0.15) is 0 Å². The molecule has 2 N–H and O–H groups in total. The predicted molar refractivity (Wildman–Crippen MR) is 78.2 cm³/mol. The second-order valence-corrected chi connectivity index (χ2v) is 5.71. The summed E-state index contributed by atoms with van der Waals surface area (Å²) in [7, 11) is 0. The maximum atomic E-state index is 11.9. The second kappa shape index (κ2) is 6.91. The van der Waals surface area contributed by atoms with Crippen LogP contribution in [0.25, 0.3) is 0 Å². The monoisotopic (exact) mass is 357 g/mol. The van der Waals surface area contributed by atoms with Crippen molar-refractivity contribution in [3.63, 3.8) is 0 Å². The molecule has 21 heavy (non-hydrogen) atoms. The van der Waals surface area contributed by atoms with Crippen LogP contribution >= 0.6 is 15.9 Å². The van der Waals surface area contributed by atoms with Crippen molar-refractivity contribution in [2.24, 2.45) is 0 Å². The number of amides is 1. The average Bonchev–Trinajstić information content (AvgIpc) is 2.47. The molecule has 0 aliphatic carbocycles. The zero-order valence-electron chi connectivity index (χ0n) is 11.3. The van der Waals surface area contributed by atoms with Crippen LogP contribution in [0.2, 0.25) is 0 Å². The lowest BCUT2D eigenvalue weighted by atomic mass is 9.90. The van der Waals surface area contributed by atoms with Crippen LogP contribution in [0.1, 0.15) is 12.8 Å². The van der Waals surface area contributed by atoms with Gasteiger partial charge >= 0.3 is 5.97 Å². The third-order valence-corrected chi connectivity index (χ3v) is 3.85. The highest BCUT2D eigenvalue weighted by molar-refractivity contribution is 9.10.